The molecule has 0 radical (unpaired) electrons. The van der Waals surface area contributed by atoms with Crippen LogP contribution in [-0.4, -0.2) is 51.5 Å². The number of aromatic hydroxyl groups is 3. The Bertz CT molecular complexity index is 1190. The number of methoxy groups -OCH3 is 2. The van der Waals surface area contributed by atoms with E-state index in [0.717, 1.165) is 12.1 Å². The number of ether oxygens (including phenoxy) is 4. The minimum Gasteiger partial charge on any atom is -0.508 e. The van der Waals surface area contributed by atoms with Crippen molar-refractivity contribution in [1.82, 2.24) is 4.98 Å². The lowest BCUT2D eigenvalue weighted by Gasteiger charge is -2.30. The Labute approximate surface area is 188 Å². The summed E-state index contributed by atoms with van der Waals surface area (Å²) in [5, 5.41) is 40.8. The number of hydrogen-bond acceptors (Lipinski definition) is 10. The predicted octanol–water partition coefficient (Wildman–Crippen LogP) is 2.47. The van der Waals surface area contributed by atoms with Gasteiger partial charge < -0.3 is 39.4 Å². The summed E-state index contributed by atoms with van der Waals surface area (Å²) in [6.45, 7) is 0.0286. The molecule has 1 aliphatic heterocycles. The highest BCUT2D eigenvalue weighted by molar-refractivity contribution is 6.05. The van der Waals surface area contributed by atoms with Crippen LogP contribution >= 0.6 is 0 Å². The van der Waals surface area contributed by atoms with Crippen molar-refractivity contribution in [2.75, 3.05) is 14.2 Å². The van der Waals surface area contributed by atoms with E-state index in [1.165, 1.54) is 32.5 Å². The van der Waals surface area contributed by atoms with Gasteiger partial charge in [0.05, 0.1) is 26.1 Å². The van der Waals surface area contributed by atoms with Gasteiger partial charge in [-0.2, -0.15) is 0 Å². The zero-order valence-electron chi connectivity index (χ0n) is 17.7. The number of rotatable bonds is 6. The van der Waals surface area contributed by atoms with Crippen LogP contribution in [0.2, 0.25) is 0 Å². The van der Waals surface area contributed by atoms with E-state index in [2.05, 4.69) is 4.98 Å². The van der Waals surface area contributed by atoms with Gasteiger partial charge in [0.15, 0.2) is 23.7 Å². The summed E-state index contributed by atoms with van der Waals surface area (Å²) in [6, 6.07) is 8.28. The molecular formula is C23H21NO9. The van der Waals surface area contributed by atoms with Crippen molar-refractivity contribution in [3.63, 3.8) is 0 Å². The number of carbonyl (C=O) groups is 1. The highest BCUT2D eigenvalue weighted by atomic mass is 16.5. The molecule has 2 unspecified atom stereocenters. The molecule has 0 saturated heterocycles. The van der Waals surface area contributed by atoms with E-state index >= 15 is 0 Å². The van der Waals surface area contributed by atoms with Gasteiger partial charge >= 0.3 is 0 Å². The van der Waals surface area contributed by atoms with Crippen molar-refractivity contribution in [3.8, 4) is 40.2 Å². The minimum absolute atomic E-state index is 0.0286. The number of phenols is 3. The van der Waals surface area contributed by atoms with Crippen LogP contribution in [0.1, 0.15) is 27.7 Å². The van der Waals surface area contributed by atoms with Crippen LogP contribution in [0.15, 0.2) is 42.6 Å². The van der Waals surface area contributed by atoms with Gasteiger partial charge in [-0.25, -0.2) is 0 Å². The fraction of sp³-hybridized carbons (Fsp3) is 0.217. The second-order valence-electron chi connectivity index (χ2n) is 7.24. The number of aliphatic hydroxyl groups is 1. The monoisotopic (exact) mass is 455 g/mol. The first kappa shape index (κ1) is 22.0. The van der Waals surface area contributed by atoms with Gasteiger partial charge in [0, 0.05) is 17.7 Å². The Hall–Kier alpha value is -4.18. The summed E-state index contributed by atoms with van der Waals surface area (Å²) in [7, 11) is 2.88. The van der Waals surface area contributed by atoms with E-state index < -0.39 is 23.7 Å². The molecular weight excluding hydrogens is 434 g/mol. The van der Waals surface area contributed by atoms with Crippen molar-refractivity contribution < 1.29 is 44.2 Å². The number of fused-ring (bicyclic) bond motifs is 1. The molecule has 10 nitrogen and oxygen atoms in total. The Morgan fingerprint density at radius 1 is 1.03 bits per heavy atom. The van der Waals surface area contributed by atoms with E-state index in [1.54, 1.807) is 12.1 Å². The maximum absolute atomic E-state index is 12.7. The minimum atomic E-state index is -1.68. The molecule has 0 bridgehead atoms. The first-order chi connectivity index (χ1) is 15.8. The zero-order valence-corrected chi connectivity index (χ0v) is 17.7. The van der Waals surface area contributed by atoms with E-state index in [-0.39, 0.29) is 46.5 Å². The van der Waals surface area contributed by atoms with Crippen molar-refractivity contribution >= 4 is 5.78 Å². The molecule has 0 spiro atoms. The lowest BCUT2D eigenvalue weighted by molar-refractivity contribution is 0.0209. The van der Waals surface area contributed by atoms with Crippen molar-refractivity contribution in [2.45, 2.75) is 18.8 Å². The van der Waals surface area contributed by atoms with Gasteiger partial charge in [-0.15, -0.1) is 0 Å². The van der Waals surface area contributed by atoms with Gasteiger partial charge in [0.25, 0.3) is 0 Å². The standard InChI is InChI=1S/C23H21NO9/c1-30-14-4-3-12(24-9-14)10-32-18-6-11(5-16(27)23(18)31-2)22-21(29)20(28)19-15(26)7-13(25)8-17(19)33-22/h3-9,21-22,25-27,29H,10H2,1-2H3. The number of nitrogens with zero attached hydrogens (tertiary/aromatic N) is 1. The van der Waals surface area contributed by atoms with E-state index in [0.29, 0.717) is 11.4 Å². The zero-order chi connectivity index (χ0) is 23.7. The molecule has 10 heteroatoms. The van der Waals surface area contributed by atoms with Gasteiger partial charge in [0.2, 0.25) is 11.5 Å². The molecule has 1 aromatic heterocycles. The maximum Gasteiger partial charge on any atom is 0.203 e. The molecule has 4 N–H and O–H groups in total. The molecule has 0 amide bonds. The Balaban J connectivity index is 1.66. The van der Waals surface area contributed by atoms with E-state index in [9.17, 15) is 25.2 Å². The van der Waals surface area contributed by atoms with Crippen LogP contribution in [-0.2, 0) is 6.61 Å². The van der Waals surface area contributed by atoms with Gasteiger partial charge in [-0.05, 0) is 24.3 Å². The van der Waals surface area contributed by atoms with Crippen molar-refractivity contribution in [1.29, 1.82) is 0 Å². The third kappa shape index (κ3) is 4.15. The Kier molecular flexibility index (Phi) is 5.84. The normalized spacial score (nSPS) is 17.1. The average Bonchev–Trinajstić information content (AvgIpc) is 2.79. The van der Waals surface area contributed by atoms with Gasteiger partial charge in [-0.3, -0.25) is 9.78 Å². The Morgan fingerprint density at radius 3 is 2.48 bits per heavy atom. The van der Waals surface area contributed by atoms with Gasteiger partial charge in [-0.1, -0.05) is 0 Å². The summed E-state index contributed by atoms with van der Waals surface area (Å²) < 4.78 is 21.8. The molecule has 0 saturated carbocycles. The molecule has 33 heavy (non-hydrogen) atoms. The van der Waals surface area contributed by atoms with Crippen LogP contribution in [0.5, 0.6) is 40.2 Å². The number of hydrogen-bond donors (Lipinski definition) is 4. The molecule has 2 aromatic carbocycles. The largest absolute Gasteiger partial charge is 0.508 e. The summed E-state index contributed by atoms with van der Waals surface area (Å²) in [5.41, 5.74) is 0.545. The number of phenolic OH excluding ortho intramolecular Hbond substituents is 3. The number of aliphatic hydroxyl groups excluding tert-OH is 1. The van der Waals surface area contributed by atoms with Crippen molar-refractivity contribution in [3.05, 3.63) is 59.4 Å². The topological polar surface area (TPSA) is 148 Å². The number of benzene rings is 2. The second kappa shape index (κ2) is 8.75. The third-order valence-corrected chi connectivity index (χ3v) is 5.12. The second-order valence-corrected chi connectivity index (χ2v) is 7.24. The Morgan fingerprint density at radius 2 is 1.82 bits per heavy atom. The molecule has 4 rings (SSSR count). The first-order valence-electron chi connectivity index (χ1n) is 9.80. The highest BCUT2D eigenvalue weighted by Crippen LogP contribution is 2.45. The molecule has 0 fully saturated rings. The molecule has 0 aliphatic carbocycles. The predicted molar refractivity (Wildman–Crippen MR) is 113 cm³/mol. The molecule has 1 aliphatic rings. The lowest BCUT2D eigenvalue weighted by Crippen LogP contribution is -2.36. The molecule has 3 aromatic rings. The molecule has 2 atom stereocenters. The van der Waals surface area contributed by atoms with Crippen LogP contribution in [0, 0.1) is 0 Å². The van der Waals surface area contributed by atoms with Crippen LogP contribution in [0.25, 0.3) is 0 Å². The number of ketones is 1. The maximum atomic E-state index is 12.7. The van der Waals surface area contributed by atoms with Crippen LogP contribution in [0.4, 0.5) is 0 Å². The number of carbonyl (C=O) groups excluding carboxylic acids is 1. The number of aromatic nitrogens is 1. The van der Waals surface area contributed by atoms with Crippen LogP contribution < -0.4 is 18.9 Å². The fourth-order valence-corrected chi connectivity index (χ4v) is 3.52. The summed E-state index contributed by atoms with van der Waals surface area (Å²) in [4.78, 5) is 16.9. The average molecular weight is 455 g/mol. The molecule has 172 valence electrons. The fourth-order valence-electron chi connectivity index (χ4n) is 3.52. The van der Waals surface area contributed by atoms with E-state index in [4.69, 9.17) is 18.9 Å². The number of pyridine rings is 1. The first-order valence-corrected chi connectivity index (χ1v) is 9.80. The highest BCUT2D eigenvalue weighted by Gasteiger charge is 2.39. The van der Waals surface area contributed by atoms with E-state index in [1.807, 2.05) is 0 Å². The summed E-state index contributed by atoms with van der Waals surface area (Å²) in [5.74, 6) is -1.28. The number of Topliss-reactive ketones (excluding diaryl/α,β-unsaturated/α-hetero) is 1. The lowest BCUT2D eigenvalue weighted by atomic mass is 9.92. The molecule has 2 heterocycles. The van der Waals surface area contributed by atoms with Gasteiger partial charge in [0.1, 0.15) is 35.2 Å². The SMILES string of the molecule is COc1ccc(COc2cc(C3Oc4cc(O)cc(O)c4C(=O)C3O)cc(O)c2OC)nc1. The third-order valence-electron chi connectivity index (χ3n) is 5.12. The smallest absolute Gasteiger partial charge is 0.203 e. The summed E-state index contributed by atoms with van der Waals surface area (Å²) >= 11 is 0. The van der Waals surface area contributed by atoms with Crippen LogP contribution in [0.3, 0.4) is 0 Å². The summed E-state index contributed by atoms with van der Waals surface area (Å²) in [6.07, 6.45) is -1.40. The quantitative estimate of drug-likeness (QED) is 0.437. The van der Waals surface area contributed by atoms with Crippen molar-refractivity contribution in [2.24, 2.45) is 0 Å².